The quantitative estimate of drug-likeness (QED) is 0.886. The van der Waals surface area contributed by atoms with Crippen molar-refractivity contribution in [3.05, 3.63) is 21.4 Å². The van der Waals surface area contributed by atoms with Crippen LogP contribution in [0, 0.1) is 6.92 Å². The zero-order valence-corrected chi connectivity index (χ0v) is 12.2. The lowest BCUT2D eigenvalue weighted by molar-refractivity contribution is -0.122. The average molecular weight is 280 g/mol. The van der Waals surface area contributed by atoms with E-state index in [2.05, 4.69) is 24.5 Å². The Morgan fingerprint density at radius 2 is 2.37 bits per heavy atom. The number of nitrogens with one attached hydrogen (secondary N) is 2. The summed E-state index contributed by atoms with van der Waals surface area (Å²) in [6.45, 7) is 4.74. The van der Waals surface area contributed by atoms with Crippen molar-refractivity contribution in [2.75, 3.05) is 6.54 Å². The van der Waals surface area contributed by atoms with Crippen LogP contribution in [0.3, 0.4) is 0 Å². The Balaban J connectivity index is 1.96. The first-order chi connectivity index (χ1) is 9.10. The molecule has 1 aliphatic heterocycles. The summed E-state index contributed by atoms with van der Waals surface area (Å²) < 4.78 is 0. The molecule has 1 fully saturated rings. The van der Waals surface area contributed by atoms with E-state index < -0.39 is 0 Å². The summed E-state index contributed by atoms with van der Waals surface area (Å²) in [4.78, 5) is 25.2. The van der Waals surface area contributed by atoms with Crippen LogP contribution in [0.1, 0.15) is 46.3 Å². The predicted molar refractivity (Wildman–Crippen MR) is 76.5 cm³/mol. The first kappa shape index (κ1) is 14.1. The van der Waals surface area contributed by atoms with E-state index in [-0.39, 0.29) is 17.9 Å². The van der Waals surface area contributed by atoms with Gasteiger partial charge in [0.2, 0.25) is 5.91 Å². The van der Waals surface area contributed by atoms with Gasteiger partial charge in [-0.15, -0.1) is 11.3 Å². The van der Waals surface area contributed by atoms with Gasteiger partial charge >= 0.3 is 0 Å². The van der Waals surface area contributed by atoms with Crippen molar-refractivity contribution in [1.29, 1.82) is 0 Å². The monoisotopic (exact) mass is 280 g/mol. The molecule has 0 radical (unpaired) electrons. The smallest absolute Gasteiger partial charge is 0.261 e. The first-order valence-electron chi connectivity index (χ1n) is 6.77. The lowest BCUT2D eigenvalue weighted by atomic mass is 10.1. The minimum atomic E-state index is -0.0170. The second-order valence-electron chi connectivity index (χ2n) is 4.96. The van der Waals surface area contributed by atoms with Gasteiger partial charge in [-0.2, -0.15) is 0 Å². The summed E-state index contributed by atoms with van der Waals surface area (Å²) in [5.74, 6) is 0.0549. The lowest BCUT2D eigenvalue weighted by Crippen LogP contribution is -2.47. The number of carbonyl (C=O) groups is 2. The van der Waals surface area contributed by atoms with Crippen LogP contribution in [0.25, 0.3) is 0 Å². The topological polar surface area (TPSA) is 58.2 Å². The highest BCUT2D eigenvalue weighted by Crippen LogP contribution is 2.23. The highest BCUT2D eigenvalue weighted by Gasteiger charge is 2.21. The molecule has 1 aliphatic rings. The van der Waals surface area contributed by atoms with Gasteiger partial charge in [0.05, 0.1) is 4.88 Å². The van der Waals surface area contributed by atoms with Crippen molar-refractivity contribution in [1.82, 2.24) is 10.6 Å². The molecule has 104 valence electrons. The van der Waals surface area contributed by atoms with Crippen molar-refractivity contribution in [2.45, 2.75) is 45.6 Å². The summed E-state index contributed by atoms with van der Waals surface area (Å²) in [6, 6.07) is 2.06. The maximum atomic E-state index is 12.2. The van der Waals surface area contributed by atoms with Gasteiger partial charge in [-0.1, -0.05) is 13.3 Å². The molecule has 1 aromatic rings. The number of amides is 2. The summed E-state index contributed by atoms with van der Waals surface area (Å²) in [5, 5.41) is 5.77. The second-order valence-corrected chi connectivity index (χ2v) is 6.21. The number of thiophene rings is 1. The van der Waals surface area contributed by atoms with Gasteiger partial charge in [0.15, 0.2) is 0 Å². The number of rotatable bonds is 4. The Morgan fingerprint density at radius 3 is 3.00 bits per heavy atom. The molecule has 2 N–H and O–H groups in total. The van der Waals surface area contributed by atoms with Gasteiger partial charge in [0.1, 0.15) is 0 Å². The number of piperidine rings is 1. The summed E-state index contributed by atoms with van der Waals surface area (Å²) in [6.07, 6.45) is 3.33. The molecule has 0 aromatic carbocycles. The van der Waals surface area contributed by atoms with Gasteiger partial charge in [-0.3, -0.25) is 9.59 Å². The predicted octanol–water partition coefficient (Wildman–Crippen LogP) is 2.02. The number of carbonyl (C=O) groups excluding carboxylic acids is 2. The van der Waals surface area contributed by atoms with Gasteiger partial charge < -0.3 is 10.6 Å². The highest BCUT2D eigenvalue weighted by molar-refractivity contribution is 7.14. The molecule has 1 unspecified atom stereocenters. The van der Waals surface area contributed by atoms with Gasteiger partial charge in [0, 0.05) is 23.9 Å². The van der Waals surface area contributed by atoms with E-state index >= 15 is 0 Å². The fourth-order valence-electron chi connectivity index (χ4n) is 2.26. The van der Waals surface area contributed by atoms with Crippen LogP contribution in [0.4, 0.5) is 0 Å². The van der Waals surface area contributed by atoms with E-state index in [4.69, 9.17) is 0 Å². The third-order valence-electron chi connectivity index (χ3n) is 3.36. The molecule has 19 heavy (non-hydrogen) atoms. The maximum absolute atomic E-state index is 12.2. The van der Waals surface area contributed by atoms with Crippen molar-refractivity contribution >= 4 is 23.2 Å². The number of hydrogen-bond acceptors (Lipinski definition) is 3. The Morgan fingerprint density at radius 1 is 1.58 bits per heavy atom. The van der Waals surface area contributed by atoms with E-state index in [0.29, 0.717) is 13.0 Å². The largest absolute Gasteiger partial charge is 0.354 e. The normalized spacial score (nSPS) is 19.1. The van der Waals surface area contributed by atoms with Crippen LogP contribution in [0.2, 0.25) is 0 Å². The van der Waals surface area contributed by atoms with E-state index in [0.717, 1.165) is 24.1 Å². The van der Waals surface area contributed by atoms with E-state index in [9.17, 15) is 9.59 Å². The molecular formula is C14H20N2O2S. The molecule has 0 spiro atoms. The fraction of sp³-hybridized carbons (Fsp3) is 0.571. The van der Waals surface area contributed by atoms with Crippen LogP contribution in [-0.2, 0) is 11.2 Å². The first-order valence-corrected chi connectivity index (χ1v) is 7.58. The van der Waals surface area contributed by atoms with Gasteiger partial charge in [-0.25, -0.2) is 0 Å². The molecule has 1 atom stereocenters. The van der Waals surface area contributed by atoms with Crippen LogP contribution in [0.15, 0.2) is 6.07 Å². The second kappa shape index (κ2) is 6.19. The maximum Gasteiger partial charge on any atom is 0.261 e. The summed E-state index contributed by atoms with van der Waals surface area (Å²) in [5.41, 5.74) is 1.27. The number of aryl methyl sites for hydroxylation is 2. The van der Waals surface area contributed by atoms with Gasteiger partial charge in [-0.05, 0) is 31.4 Å². The van der Waals surface area contributed by atoms with E-state index in [1.54, 1.807) is 11.3 Å². The number of hydrogen-bond donors (Lipinski definition) is 2. The van der Waals surface area contributed by atoms with Crippen molar-refractivity contribution in [3.63, 3.8) is 0 Å². The molecule has 4 nitrogen and oxygen atoms in total. The minimum absolute atomic E-state index is 0.0170. The SMILES string of the molecule is CCCc1cc(C(=O)NC2CCC(=O)NC2)sc1C. The Labute approximate surface area is 117 Å². The molecule has 2 heterocycles. The molecular weight excluding hydrogens is 260 g/mol. The Kier molecular flexibility index (Phi) is 4.58. The summed E-state index contributed by atoms with van der Waals surface area (Å²) >= 11 is 1.55. The minimum Gasteiger partial charge on any atom is -0.354 e. The average Bonchev–Trinajstić information content (AvgIpc) is 2.75. The van der Waals surface area contributed by atoms with Crippen LogP contribution >= 0.6 is 11.3 Å². The van der Waals surface area contributed by atoms with E-state index in [1.165, 1.54) is 10.4 Å². The molecule has 1 aromatic heterocycles. The third-order valence-corrected chi connectivity index (χ3v) is 4.46. The highest BCUT2D eigenvalue weighted by atomic mass is 32.1. The van der Waals surface area contributed by atoms with E-state index in [1.807, 2.05) is 6.07 Å². The standard InChI is InChI=1S/C14H20N2O2S/c1-3-4-10-7-12(19-9(10)2)14(18)16-11-5-6-13(17)15-8-11/h7,11H,3-6,8H2,1-2H3,(H,15,17)(H,16,18). The Bertz CT molecular complexity index is 472. The molecule has 0 aliphatic carbocycles. The molecule has 0 bridgehead atoms. The van der Waals surface area contributed by atoms with Crippen LogP contribution in [0.5, 0.6) is 0 Å². The van der Waals surface area contributed by atoms with Gasteiger partial charge in [0.25, 0.3) is 5.91 Å². The third kappa shape index (κ3) is 3.56. The zero-order valence-electron chi connectivity index (χ0n) is 11.4. The molecule has 2 rings (SSSR count). The Hall–Kier alpha value is -1.36. The summed E-state index contributed by atoms with van der Waals surface area (Å²) in [7, 11) is 0. The lowest BCUT2D eigenvalue weighted by Gasteiger charge is -2.23. The molecule has 5 heteroatoms. The molecule has 1 saturated heterocycles. The van der Waals surface area contributed by atoms with Crippen LogP contribution < -0.4 is 10.6 Å². The molecule has 2 amide bonds. The zero-order chi connectivity index (χ0) is 13.8. The molecule has 0 saturated carbocycles. The fourth-order valence-corrected chi connectivity index (χ4v) is 3.24. The van der Waals surface area contributed by atoms with Crippen molar-refractivity contribution in [2.24, 2.45) is 0 Å². The van der Waals surface area contributed by atoms with Crippen molar-refractivity contribution < 1.29 is 9.59 Å². The van der Waals surface area contributed by atoms with Crippen LogP contribution in [-0.4, -0.2) is 24.4 Å². The van der Waals surface area contributed by atoms with Crippen molar-refractivity contribution in [3.8, 4) is 0 Å².